The van der Waals surface area contributed by atoms with Gasteiger partial charge in [-0.1, -0.05) is 0 Å². The van der Waals surface area contributed by atoms with Crippen LogP contribution < -0.4 is 0 Å². The van der Waals surface area contributed by atoms with E-state index in [0.29, 0.717) is 32.7 Å². The minimum absolute atomic E-state index is 0.376. The molecule has 0 aromatic carbocycles. The first-order chi connectivity index (χ1) is 4.77. The SMILES string of the molecule is CCOC1(F)CCOCC1. The van der Waals surface area contributed by atoms with Gasteiger partial charge in [0.15, 0.2) is 0 Å². The summed E-state index contributed by atoms with van der Waals surface area (Å²) in [5.41, 5.74) is 0. The van der Waals surface area contributed by atoms with Crippen LogP contribution in [0.2, 0.25) is 0 Å². The Morgan fingerprint density at radius 1 is 1.50 bits per heavy atom. The average Bonchev–Trinajstić information content (AvgIpc) is 1.89. The largest absolute Gasteiger partial charge is 0.381 e. The molecule has 0 unspecified atom stereocenters. The van der Waals surface area contributed by atoms with Gasteiger partial charge in [-0.15, -0.1) is 0 Å². The van der Waals surface area contributed by atoms with Gasteiger partial charge < -0.3 is 9.47 Å². The van der Waals surface area contributed by atoms with Crippen molar-refractivity contribution in [3.8, 4) is 0 Å². The summed E-state index contributed by atoms with van der Waals surface area (Å²) in [7, 11) is 0. The van der Waals surface area contributed by atoms with Crippen molar-refractivity contribution in [3.63, 3.8) is 0 Å². The van der Waals surface area contributed by atoms with Crippen molar-refractivity contribution in [1.82, 2.24) is 0 Å². The summed E-state index contributed by atoms with van der Waals surface area (Å²) in [5.74, 6) is -1.40. The highest BCUT2D eigenvalue weighted by Gasteiger charge is 2.32. The Balaban J connectivity index is 2.32. The molecular formula is C7H13FO2. The fraction of sp³-hybridized carbons (Fsp3) is 1.00. The Bertz CT molecular complexity index is 94.3. The van der Waals surface area contributed by atoms with E-state index >= 15 is 0 Å². The number of ether oxygens (including phenoxy) is 2. The number of hydrogen-bond donors (Lipinski definition) is 0. The van der Waals surface area contributed by atoms with Gasteiger partial charge in [0.25, 0.3) is 0 Å². The Morgan fingerprint density at radius 2 is 2.10 bits per heavy atom. The highest BCUT2D eigenvalue weighted by molar-refractivity contribution is 4.70. The van der Waals surface area contributed by atoms with Gasteiger partial charge in [-0.3, -0.25) is 0 Å². The highest BCUT2D eigenvalue weighted by Crippen LogP contribution is 2.25. The molecule has 3 heteroatoms. The second-order valence-electron chi connectivity index (χ2n) is 2.43. The van der Waals surface area contributed by atoms with Gasteiger partial charge in [0.05, 0.1) is 13.2 Å². The summed E-state index contributed by atoms with van der Waals surface area (Å²) in [6.45, 7) is 3.21. The van der Waals surface area contributed by atoms with Crippen molar-refractivity contribution >= 4 is 0 Å². The minimum atomic E-state index is -1.40. The molecule has 60 valence electrons. The maximum atomic E-state index is 13.3. The van der Waals surface area contributed by atoms with E-state index in [1.165, 1.54) is 0 Å². The van der Waals surface area contributed by atoms with E-state index in [1.807, 2.05) is 0 Å². The summed E-state index contributed by atoms with van der Waals surface area (Å²) < 4.78 is 23.2. The maximum absolute atomic E-state index is 13.3. The summed E-state index contributed by atoms with van der Waals surface area (Å²) in [6, 6.07) is 0. The third-order valence-corrected chi connectivity index (χ3v) is 1.64. The van der Waals surface area contributed by atoms with Crippen molar-refractivity contribution in [2.45, 2.75) is 25.6 Å². The van der Waals surface area contributed by atoms with E-state index < -0.39 is 5.85 Å². The fourth-order valence-corrected chi connectivity index (χ4v) is 1.08. The molecule has 0 aliphatic carbocycles. The van der Waals surface area contributed by atoms with Crippen LogP contribution in [0.5, 0.6) is 0 Å². The van der Waals surface area contributed by atoms with E-state index in [0.717, 1.165) is 0 Å². The molecule has 0 radical (unpaired) electrons. The van der Waals surface area contributed by atoms with Crippen molar-refractivity contribution in [2.24, 2.45) is 0 Å². The van der Waals surface area contributed by atoms with E-state index in [2.05, 4.69) is 0 Å². The number of hydrogen-bond acceptors (Lipinski definition) is 2. The number of halogens is 1. The van der Waals surface area contributed by atoms with Crippen LogP contribution in [0.25, 0.3) is 0 Å². The zero-order valence-corrected chi connectivity index (χ0v) is 6.23. The molecule has 0 spiro atoms. The topological polar surface area (TPSA) is 18.5 Å². The first-order valence-corrected chi connectivity index (χ1v) is 3.67. The first-order valence-electron chi connectivity index (χ1n) is 3.67. The highest BCUT2D eigenvalue weighted by atomic mass is 19.2. The van der Waals surface area contributed by atoms with Crippen LogP contribution in [0.15, 0.2) is 0 Å². The van der Waals surface area contributed by atoms with E-state index in [9.17, 15) is 4.39 Å². The van der Waals surface area contributed by atoms with Gasteiger partial charge in [-0.25, -0.2) is 4.39 Å². The monoisotopic (exact) mass is 148 g/mol. The van der Waals surface area contributed by atoms with E-state index in [1.54, 1.807) is 6.92 Å². The van der Waals surface area contributed by atoms with Crippen molar-refractivity contribution < 1.29 is 13.9 Å². The van der Waals surface area contributed by atoms with Gasteiger partial charge in [-0.05, 0) is 6.92 Å². The van der Waals surface area contributed by atoms with Crippen molar-refractivity contribution in [3.05, 3.63) is 0 Å². The van der Waals surface area contributed by atoms with Gasteiger partial charge >= 0.3 is 0 Å². The molecule has 0 aromatic heterocycles. The lowest BCUT2D eigenvalue weighted by Crippen LogP contribution is -2.34. The Kier molecular flexibility index (Phi) is 2.63. The molecule has 1 fully saturated rings. The molecule has 0 N–H and O–H groups in total. The molecule has 0 amide bonds. The van der Waals surface area contributed by atoms with Crippen LogP contribution in [0, 0.1) is 0 Å². The van der Waals surface area contributed by atoms with Crippen LogP contribution in [0.4, 0.5) is 4.39 Å². The lowest BCUT2D eigenvalue weighted by Gasteiger charge is -2.28. The Hall–Kier alpha value is -0.150. The minimum Gasteiger partial charge on any atom is -0.381 e. The lowest BCUT2D eigenvalue weighted by molar-refractivity contribution is -0.187. The molecule has 1 aliphatic rings. The third-order valence-electron chi connectivity index (χ3n) is 1.64. The molecule has 0 saturated carbocycles. The smallest absolute Gasteiger partial charge is 0.213 e. The molecule has 1 saturated heterocycles. The number of alkyl halides is 1. The Labute approximate surface area is 60.3 Å². The molecule has 2 nitrogen and oxygen atoms in total. The normalized spacial score (nSPS) is 24.6. The van der Waals surface area contributed by atoms with Crippen LogP contribution in [0.1, 0.15) is 19.8 Å². The second-order valence-corrected chi connectivity index (χ2v) is 2.43. The molecule has 0 aromatic rings. The van der Waals surface area contributed by atoms with Gasteiger partial charge in [0.2, 0.25) is 5.85 Å². The quantitative estimate of drug-likeness (QED) is 0.590. The molecule has 1 rings (SSSR count). The van der Waals surface area contributed by atoms with E-state index in [-0.39, 0.29) is 0 Å². The van der Waals surface area contributed by atoms with Crippen LogP contribution in [-0.4, -0.2) is 25.7 Å². The van der Waals surface area contributed by atoms with Crippen LogP contribution >= 0.6 is 0 Å². The van der Waals surface area contributed by atoms with Gasteiger partial charge in [0, 0.05) is 19.4 Å². The van der Waals surface area contributed by atoms with Gasteiger partial charge in [-0.2, -0.15) is 0 Å². The average molecular weight is 148 g/mol. The zero-order valence-electron chi connectivity index (χ0n) is 6.23. The molecule has 1 heterocycles. The summed E-state index contributed by atoms with van der Waals surface area (Å²) in [6.07, 6.45) is 0.752. The summed E-state index contributed by atoms with van der Waals surface area (Å²) in [4.78, 5) is 0. The predicted molar refractivity (Wildman–Crippen MR) is 35.5 cm³/mol. The standard InChI is InChI=1S/C7H13FO2/c1-2-10-7(8)3-5-9-6-4-7/h2-6H2,1H3. The fourth-order valence-electron chi connectivity index (χ4n) is 1.08. The van der Waals surface area contributed by atoms with Crippen LogP contribution in [0.3, 0.4) is 0 Å². The summed E-state index contributed by atoms with van der Waals surface area (Å²) in [5, 5.41) is 0. The van der Waals surface area contributed by atoms with Crippen molar-refractivity contribution in [2.75, 3.05) is 19.8 Å². The predicted octanol–water partition coefficient (Wildman–Crippen LogP) is 1.50. The Morgan fingerprint density at radius 3 is 2.60 bits per heavy atom. The number of rotatable bonds is 2. The molecule has 10 heavy (non-hydrogen) atoms. The van der Waals surface area contributed by atoms with Gasteiger partial charge in [0.1, 0.15) is 0 Å². The lowest BCUT2D eigenvalue weighted by atomic mass is 10.1. The maximum Gasteiger partial charge on any atom is 0.213 e. The molecule has 1 aliphatic heterocycles. The van der Waals surface area contributed by atoms with E-state index in [4.69, 9.17) is 9.47 Å². The molecule has 0 atom stereocenters. The molecule has 0 bridgehead atoms. The van der Waals surface area contributed by atoms with Crippen molar-refractivity contribution in [1.29, 1.82) is 0 Å². The third kappa shape index (κ3) is 1.92. The second kappa shape index (κ2) is 3.30. The summed E-state index contributed by atoms with van der Waals surface area (Å²) >= 11 is 0. The first kappa shape index (κ1) is 7.95. The van der Waals surface area contributed by atoms with Crippen LogP contribution in [-0.2, 0) is 9.47 Å². The zero-order chi connectivity index (χ0) is 7.45. The molecular weight excluding hydrogens is 135 g/mol.